The van der Waals surface area contributed by atoms with Gasteiger partial charge in [0.15, 0.2) is 6.10 Å². The molecule has 3 aliphatic carbocycles. The van der Waals surface area contributed by atoms with Crippen molar-refractivity contribution in [3.8, 4) is 0 Å². The van der Waals surface area contributed by atoms with Crippen molar-refractivity contribution in [1.29, 1.82) is 0 Å². The van der Waals surface area contributed by atoms with Crippen LogP contribution in [-0.2, 0) is 28.5 Å². The molecule has 3 saturated heterocycles. The third-order valence-electron chi connectivity index (χ3n) is 12.7. The van der Waals surface area contributed by atoms with Crippen LogP contribution in [0.5, 0.6) is 0 Å². The fourth-order valence-corrected chi connectivity index (χ4v) is 14.8. The first kappa shape index (κ1) is 26.1. The van der Waals surface area contributed by atoms with E-state index in [1.165, 1.54) is 31.3 Å². The zero-order valence-corrected chi connectivity index (χ0v) is 25.2. The van der Waals surface area contributed by atoms with Gasteiger partial charge in [-0.05, 0) is 60.8 Å². The average molecular weight is 563 g/mol. The van der Waals surface area contributed by atoms with Crippen LogP contribution in [0, 0.1) is 39.4 Å². The molecule has 0 radical (unpaired) electrons. The lowest BCUT2D eigenvalue weighted by molar-refractivity contribution is -0.268. The standard InChI is InChI=1S/C30H42O6S2/c1-17(31)34-21-15-20-25(2,3)29(37-13-14-38-29)11-10-26(20,4)19-7-9-27(5)22(18-8-12-33-16-18)35-24(32)23-30(27,36-23)28(19,21)6/h8,12,18-23H,7,9-11,13-16H2,1-6H3/t18?,19?,20?,21-,22-,23?,26-,27+,28+,30?/m1/s1. The van der Waals surface area contributed by atoms with Gasteiger partial charge in [0.05, 0.1) is 22.9 Å². The first-order valence-corrected chi connectivity index (χ1v) is 16.5. The molecule has 4 heterocycles. The summed E-state index contributed by atoms with van der Waals surface area (Å²) in [5, 5.41) is 0. The third kappa shape index (κ3) is 2.84. The summed E-state index contributed by atoms with van der Waals surface area (Å²) >= 11 is 4.32. The van der Waals surface area contributed by atoms with Gasteiger partial charge in [-0.3, -0.25) is 4.79 Å². The SMILES string of the molecule is CC(=O)O[C@@H]1CC2C(C)(C)C3(CC[C@]2(C)C2CC[C@@]4(C)[C@@H](C5C=COC5)OC(=O)C5OC54[C@@]21C)SCCS3. The van der Waals surface area contributed by atoms with Crippen molar-refractivity contribution < 1.29 is 28.5 Å². The number of cyclic esters (lactones) is 1. The molecule has 4 aliphatic heterocycles. The molecular weight excluding hydrogens is 520 g/mol. The van der Waals surface area contributed by atoms with E-state index in [0.29, 0.717) is 12.5 Å². The fraction of sp³-hybridized carbons (Fsp3) is 0.867. The molecule has 210 valence electrons. The molecule has 2 spiro atoms. The van der Waals surface area contributed by atoms with Gasteiger partial charge in [-0.15, -0.1) is 23.5 Å². The van der Waals surface area contributed by atoms with E-state index in [4.69, 9.17) is 18.9 Å². The Morgan fingerprint density at radius 2 is 1.79 bits per heavy atom. The monoisotopic (exact) mass is 562 g/mol. The Kier molecular flexibility index (Phi) is 5.42. The summed E-state index contributed by atoms with van der Waals surface area (Å²) in [6.45, 7) is 14.1. The number of fused-ring (bicyclic) bond motifs is 3. The Balaban J connectivity index is 1.36. The highest BCUT2D eigenvalue weighted by Crippen LogP contribution is 2.81. The topological polar surface area (TPSA) is 74.4 Å². The van der Waals surface area contributed by atoms with Crippen molar-refractivity contribution in [2.24, 2.45) is 39.4 Å². The van der Waals surface area contributed by atoms with Crippen LogP contribution in [0.3, 0.4) is 0 Å². The minimum absolute atomic E-state index is 0.00937. The van der Waals surface area contributed by atoms with Crippen LogP contribution in [0.15, 0.2) is 12.3 Å². The van der Waals surface area contributed by atoms with Gasteiger partial charge in [0.1, 0.15) is 17.8 Å². The molecule has 38 heavy (non-hydrogen) atoms. The van der Waals surface area contributed by atoms with Crippen molar-refractivity contribution >= 4 is 35.5 Å². The minimum atomic E-state index is -0.705. The molecule has 0 aromatic heterocycles. The lowest BCUT2D eigenvalue weighted by Gasteiger charge is -2.72. The van der Waals surface area contributed by atoms with Gasteiger partial charge in [-0.2, -0.15) is 0 Å². The molecule has 8 heteroatoms. The van der Waals surface area contributed by atoms with Crippen LogP contribution in [0.1, 0.15) is 73.6 Å². The number of hydrogen-bond acceptors (Lipinski definition) is 8. The summed E-state index contributed by atoms with van der Waals surface area (Å²) in [6, 6.07) is 0. The largest absolute Gasteiger partial charge is 0.501 e. The van der Waals surface area contributed by atoms with E-state index < -0.39 is 17.1 Å². The number of rotatable bonds is 2. The Hall–Kier alpha value is -0.860. The lowest BCUT2D eigenvalue weighted by atomic mass is 9.34. The Bertz CT molecular complexity index is 1100. The maximum absolute atomic E-state index is 13.5. The second kappa shape index (κ2) is 7.90. The molecule has 0 aromatic rings. The molecule has 7 aliphatic rings. The highest BCUT2D eigenvalue weighted by atomic mass is 32.2. The van der Waals surface area contributed by atoms with Gasteiger partial charge in [-0.25, -0.2) is 4.79 Å². The van der Waals surface area contributed by atoms with Gasteiger partial charge < -0.3 is 18.9 Å². The molecule has 0 N–H and O–H groups in total. The van der Waals surface area contributed by atoms with Gasteiger partial charge in [0.2, 0.25) is 0 Å². The van der Waals surface area contributed by atoms with E-state index in [0.717, 1.165) is 19.3 Å². The van der Waals surface area contributed by atoms with Crippen LogP contribution in [0.25, 0.3) is 0 Å². The zero-order chi connectivity index (χ0) is 26.9. The molecule has 0 bridgehead atoms. The van der Waals surface area contributed by atoms with E-state index in [2.05, 4.69) is 58.1 Å². The predicted molar refractivity (Wildman–Crippen MR) is 147 cm³/mol. The Labute approximate surface area is 235 Å². The summed E-state index contributed by atoms with van der Waals surface area (Å²) in [6.07, 6.45) is 7.69. The minimum Gasteiger partial charge on any atom is -0.501 e. The van der Waals surface area contributed by atoms with Gasteiger partial charge in [-0.1, -0.05) is 34.6 Å². The Morgan fingerprint density at radius 3 is 2.45 bits per heavy atom. The fourth-order valence-electron chi connectivity index (χ4n) is 11.1. The smallest absolute Gasteiger partial charge is 0.338 e. The van der Waals surface area contributed by atoms with Crippen molar-refractivity contribution in [3.05, 3.63) is 12.3 Å². The van der Waals surface area contributed by atoms with Gasteiger partial charge in [0, 0.05) is 29.3 Å². The van der Waals surface area contributed by atoms with Crippen molar-refractivity contribution in [3.63, 3.8) is 0 Å². The summed E-state index contributed by atoms with van der Waals surface area (Å²) in [7, 11) is 0. The summed E-state index contributed by atoms with van der Waals surface area (Å²) < 4.78 is 25.0. The molecule has 10 atom stereocenters. The quantitative estimate of drug-likeness (QED) is 0.319. The van der Waals surface area contributed by atoms with Crippen LogP contribution in [0.2, 0.25) is 0 Å². The Morgan fingerprint density at radius 1 is 1.05 bits per heavy atom. The average Bonchev–Trinajstić information content (AvgIpc) is 3.17. The predicted octanol–water partition coefficient (Wildman–Crippen LogP) is 5.59. The molecule has 5 unspecified atom stereocenters. The van der Waals surface area contributed by atoms with E-state index >= 15 is 0 Å². The summed E-state index contributed by atoms with van der Waals surface area (Å²) in [4.78, 5) is 26.1. The van der Waals surface area contributed by atoms with Crippen LogP contribution < -0.4 is 0 Å². The number of carbonyl (C=O) groups is 2. The highest BCUT2D eigenvalue weighted by Gasteiger charge is 2.89. The maximum atomic E-state index is 13.5. The first-order chi connectivity index (χ1) is 17.9. The second-order valence-corrected chi connectivity index (χ2v) is 17.3. The number of carbonyl (C=O) groups excluding carboxylic acids is 2. The van der Waals surface area contributed by atoms with E-state index in [9.17, 15) is 9.59 Å². The molecule has 0 aromatic carbocycles. The van der Waals surface area contributed by atoms with E-state index in [1.54, 1.807) is 6.26 Å². The molecule has 3 saturated carbocycles. The van der Waals surface area contributed by atoms with E-state index in [1.807, 2.05) is 6.08 Å². The molecule has 0 amide bonds. The van der Waals surface area contributed by atoms with Crippen molar-refractivity contribution in [2.45, 2.75) is 102 Å². The normalized spacial score (nSPS) is 53.2. The van der Waals surface area contributed by atoms with E-state index in [-0.39, 0.29) is 56.3 Å². The number of esters is 2. The van der Waals surface area contributed by atoms with Crippen LogP contribution in [0.4, 0.5) is 0 Å². The third-order valence-corrected chi connectivity index (χ3v) is 16.9. The second-order valence-electron chi connectivity index (χ2n) is 14.3. The van der Waals surface area contributed by atoms with Crippen molar-refractivity contribution in [1.82, 2.24) is 0 Å². The number of ether oxygens (including phenoxy) is 4. The summed E-state index contributed by atoms with van der Waals surface area (Å²) in [5.74, 6) is 2.64. The number of hydrogen-bond donors (Lipinski definition) is 0. The van der Waals surface area contributed by atoms with Crippen LogP contribution >= 0.6 is 23.5 Å². The lowest BCUT2D eigenvalue weighted by Crippen LogP contribution is -2.75. The summed E-state index contributed by atoms with van der Waals surface area (Å²) in [5.41, 5.74) is -1.41. The number of epoxide rings is 1. The maximum Gasteiger partial charge on any atom is 0.338 e. The highest BCUT2D eigenvalue weighted by molar-refractivity contribution is 8.21. The molecule has 6 fully saturated rings. The van der Waals surface area contributed by atoms with Crippen molar-refractivity contribution in [2.75, 3.05) is 18.1 Å². The van der Waals surface area contributed by atoms with Crippen LogP contribution in [-0.4, -0.2) is 58.0 Å². The van der Waals surface area contributed by atoms with Gasteiger partial charge in [0.25, 0.3) is 0 Å². The molecule has 7 rings (SSSR count). The first-order valence-electron chi connectivity index (χ1n) is 14.5. The zero-order valence-electron chi connectivity index (χ0n) is 23.5. The number of thioether (sulfide) groups is 2. The molecular formula is C30H42O6S2. The molecule has 6 nitrogen and oxygen atoms in total. The van der Waals surface area contributed by atoms with Gasteiger partial charge >= 0.3 is 11.9 Å².